The second-order valence-corrected chi connectivity index (χ2v) is 29.0. The van der Waals surface area contributed by atoms with Gasteiger partial charge in [-0.3, -0.25) is 4.57 Å². The minimum atomic E-state index is -1.93. The summed E-state index contributed by atoms with van der Waals surface area (Å²) in [7, 11) is -1.93. The molecular weight excluding hydrogens is 833 g/mol. The third-order valence-corrected chi connectivity index (χ3v) is 15.6. The fourth-order valence-electron chi connectivity index (χ4n) is 9.67. The van der Waals surface area contributed by atoms with E-state index in [0.29, 0.717) is 6.67 Å². The lowest BCUT2D eigenvalue weighted by atomic mass is 9.80. The van der Waals surface area contributed by atoms with E-state index in [1.165, 1.54) is 66.4 Å². The number of ether oxygens (including phenoxy) is 1. The Labute approximate surface area is 401 Å². The van der Waals surface area contributed by atoms with Crippen LogP contribution in [0.25, 0.3) is 38.8 Å². The monoisotopic (exact) mass is 903 g/mol. The van der Waals surface area contributed by atoms with Gasteiger partial charge in [0.2, 0.25) is 0 Å². The van der Waals surface area contributed by atoms with E-state index in [0.717, 1.165) is 34.0 Å². The van der Waals surface area contributed by atoms with Crippen molar-refractivity contribution >= 4 is 57.8 Å². The maximum atomic E-state index is 7.05. The van der Waals surface area contributed by atoms with Gasteiger partial charge in [-0.2, -0.15) is 0 Å². The molecule has 3 heterocycles. The molecule has 67 heavy (non-hydrogen) atoms. The summed E-state index contributed by atoms with van der Waals surface area (Å²) < 4.78 is 9.42. The topological polar surface area (TPSA) is 33.5 Å². The minimum absolute atomic E-state index is 0.0171. The number of nitrogens with zero attached hydrogens (tertiary/aromatic N) is 4. The number of para-hydroxylation sites is 3. The SMILES string of the molecule is CC(C)(C)c1ccc(-c2cnc(-n3c4ccccc4c4c([Si](C)(C)C)cc(Oc5cccc(N6CN(c7cc(C(C)(C)C)cc(C(C)(C)C)c7)c7ccccc76)c5)cc43)cc2C(C)(C)C)cc1. The average molecular weight is 903 g/mol. The molecule has 0 amide bonds. The van der Waals surface area contributed by atoms with E-state index in [-0.39, 0.29) is 21.7 Å². The van der Waals surface area contributed by atoms with Crippen LogP contribution in [0.4, 0.5) is 22.7 Å². The molecule has 6 heteroatoms. The number of pyridine rings is 1. The van der Waals surface area contributed by atoms with Crippen LogP contribution in [0, 0.1) is 0 Å². The highest BCUT2D eigenvalue weighted by Crippen LogP contribution is 2.47. The summed E-state index contributed by atoms with van der Waals surface area (Å²) in [6.07, 6.45) is 2.09. The Kier molecular flexibility index (Phi) is 11.2. The van der Waals surface area contributed by atoms with Crippen LogP contribution >= 0.6 is 0 Å². The second-order valence-electron chi connectivity index (χ2n) is 24.0. The van der Waals surface area contributed by atoms with Crippen LogP contribution < -0.4 is 19.7 Å². The lowest BCUT2D eigenvalue weighted by Crippen LogP contribution is -2.38. The number of hydrogen-bond donors (Lipinski definition) is 0. The normalized spacial score (nSPS) is 13.8. The van der Waals surface area contributed by atoms with E-state index in [9.17, 15) is 0 Å². The molecule has 9 rings (SSSR count). The largest absolute Gasteiger partial charge is 0.457 e. The first-order valence-corrected chi connectivity index (χ1v) is 27.6. The zero-order valence-electron chi connectivity index (χ0n) is 42.7. The fourth-order valence-corrected chi connectivity index (χ4v) is 11.3. The molecule has 0 aliphatic carbocycles. The van der Waals surface area contributed by atoms with Gasteiger partial charge >= 0.3 is 0 Å². The Bertz CT molecular complexity index is 3130. The summed E-state index contributed by atoms with van der Waals surface area (Å²) in [6, 6.07) is 49.3. The summed E-state index contributed by atoms with van der Waals surface area (Å²) >= 11 is 0. The first-order valence-electron chi connectivity index (χ1n) is 24.1. The van der Waals surface area contributed by atoms with Gasteiger partial charge in [0, 0.05) is 46.0 Å². The molecule has 0 saturated heterocycles. The van der Waals surface area contributed by atoms with E-state index in [2.05, 4.69) is 257 Å². The Hall–Kier alpha value is -6.11. The van der Waals surface area contributed by atoms with Gasteiger partial charge in [-0.15, -0.1) is 0 Å². The maximum absolute atomic E-state index is 7.05. The first-order chi connectivity index (χ1) is 31.4. The van der Waals surface area contributed by atoms with Crippen molar-refractivity contribution in [3.05, 3.63) is 162 Å². The molecule has 0 radical (unpaired) electrons. The van der Waals surface area contributed by atoms with Gasteiger partial charge in [0.05, 0.1) is 30.5 Å². The molecule has 0 spiro atoms. The summed E-state index contributed by atoms with van der Waals surface area (Å²) in [5.74, 6) is 2.54. The average Bonchev–Trinajstić information content (AvgIpc) is 3.81. The molecule has 2 aromatic heterocycles. The second kappa shape index (κ2) is 16.3. The van der Waals surface area contributed by atoms with Gasteiger partial charge in [0.15, 0.2) is 0 Å². The zero-order valence-corrected chi connectivity index (χ0v) is 43.7. The van der Waals surface area contributed by atoms with Crippen LogP contribution in [0.15, 0.2) is 140 Å². The van der Waals surface area contributed by atoms with Crippen molar-refractivity contribution < 1.29 is 4.74 Å². The molecular formula is C61H70N4OSi. The van der Waals surface area contributed by atoms with Crippen molar-refractivity contribution in [2.75, 3.05) is 16.5 Å². The van der Waals surface area contributed by atoms with Crippen LogP contribution in [-0.4, -0.2) is 24.3 Å². The van der Waals surface area contributed by atoms with Gasteiger partial charge in [-0.25, -0.2) is 4.98 Å². The van der Waals surface area contributed by atoms with Crippen molar-refractivity contribution in [2.24, 2.45) is 0 Å². The van der Waals surface area contributed by atoms with E-state index < -0.39 is 8.07 Å². The predicted octanol–water partition coefficient (Wildman–Crippen LogP) is 16.6. The summed E-state index contributed by atoms with van der Waals surface area (Å²) in [4.78, 5) is 10.2. The molecule has 0 saturated carbocycles. The minimum Gasteiger partial charge on any atom is -0.457 e. The number of rotatable bonds is 7. The van der Waals surface area contributed by atoms with Crippen molar-refractivity contribution in [1.82, 2.24) is 9.55 Å². The number of anilines is 4. The zero-order chi connectivity index (χ0) is 48.0. The highest BCUT2D eigenvalue weighted by Gasteiger charge is 2.32. The number of benzene rings is 6. The van der Waals surface area contributed by atoms with Gasteiger partial charge in [-0.05, 0) is 109 Å². The number of hydrogen-bond acceptors (Lipinski definition) is 4. The molecule has 0 unspecified atom stereocenters. The summed E-state index contributed by atoms with van der Waals surface area (Å²) in [5.41, 5.74) is 14.6. The number of aromatic nitrogens is 2. The Morgan fingerprint density at radius 3 is 1.70 bits per heavy atom. The smallest absolute Gasteiger partial charge is 0.137 e. The van der Waals surface area contributed by atoms with Crippen molar-refractivity contribution in [3.8, 4) is 28.4 Å². The van der Waals surface area contributed by atoms with Crippen LogP contribution in [0.2, 0.25) is 19.6 Å². The first kappa shape index (κ1) is 46.0. The Morgan fingerprint density at radius 2 is 1.10 bits per heavy atom. The molecule has 0 fully saturated rings. The van der Waals surface area contributed by atoms with Crippen molar-refractivity contribution in [3.63, 3.8) is 0 Å². The van der Waals surface area contributed by atoms with Crippen LogP contribution in [0.5, 0.6) is 11.5 Å². The molecule has 5 nitrogen and oxygen atoms in total. The maximum Gasteiger partial charge on any atom is 0.137 e. The molecule has 0 N–H and O–H groups in total. The van der Waals surface area contributed by atoms with E-state index >= 15 is 0 Å². The molecule has 344 valence electrons. The summed E-state index contributed by atoms with van der Waals surface area (Å²) in [6.45, 7) is 35.6. The predicted molar refractivity (Wildman–Crippen MR) is 290 cm³/mol. The van der Waals surface area contributed by atoms with Crippen LogP contribution in [0.3, 0.4) is 0 Å². The molecule has 1 aliphatic heterocycles. The Balaban J connectivity index is 1.13. The number of fused-ring (bicyclic) bond motifs is 4. The van der Waals surface area contributed by atoms with Crippen LogP contribution in [0.1, 0.15) is 105 Å². The quantitative estimate of drug-likeness (QED) is 0.149. The van der Waals surface area contributed by atoms with Gasteiger partial charge in [-0.1, -0.05) is 169 Å². The molecule has 0 bridgehead atoms. The third-order valence-electron chi connectivity index (χ3n) is 13.6. The molecule has 1 aliphatic rings. The highest BCUT2D eigenvalue weighted by atomic mass is 28.3. The van der Waals surface area contributed by atoms with Crippen molar-refractivity contribution in [1.29, 1.82) is 0 Å². The molecule has 0 atom stereocenters. The van der Waals surface area contributed by atoms with Gasteiger partial charge in [0.25, 0.3) is 0 Å². The van der Waals surface area contributed by atoms with Gasteiger partial charge < -0.3 is 14.5 Å². The standard InChI is InChI=1S/C61H70N4OSi/c1-58(2,3)41-29-27-40(28-30-41)49-38-62-56(37-50(49)61(10,11)12)65-51-24-17-16-23-48(51)57-54(65)35-47(36-55(57)67(13,14)15)66-46-22-20-21-44(34-46)63-39-64(53-26-19-18-25-52(53)63)45-32-42(59(4,5)6)31-43(33-45)60(7,8)9/h16-38H,39H2,1-15H3. The highest BCUT2D eigenvalue weighted by molar-refractivity contribution is 6.90. The molecule has 8 aromatic rings. The lowest BCUT2D eigenvalue weighted by Gasteiger charge is -2.29. The van der Waals surface area contributed by atoms with E-state index in [1.807, 2.05) is 0 Å². The summed E-state index contributed by atoms with van der Waals surface area (Å²) in [5, 5.41) is 3.90. The fraction of sp³-hybridized carbons (Fsp3) is 0.328. The van der Waals surface area contributed by atoms with E-state index in [1.54, 1.807) is 0 Å². The van der Waals surface area contributed by atoms with Crippen molar-refractivity contribution in [2.45, 2.75) is 124 Å². The van der Waals surface area contributed by atoms with Crippen LogP contribution in [-0.2, 0) is 21.7 Å². The molecule has 6 aromatic carbocycles. The van der Waals surface area contributed by atoms with Gasteiger partial charge in [0.1, 0.15) is 24.0 Å². The lowest BCUT2D eigenvalue weighted by molar-refractivity contribution is 0.483. The Morgan fingerprint density at radius 1 is 0.507 bits per heavy atom. The van der Waals surface area contributed by atoms with E-state index in [4.69, 9.17) is 9.72 Å². The third kappa shape index (κ3) is 8.81.